The molecule has 1 fully saturated rings. The molecule has 0 saturated heterocycles. The van der Waals surface area contributed by atoms with Crippen molar-refractivity contribution in [1.29, 1.82) is 0 Å². The third-order valence-electron chi connectivity index (χ3n) is 6.16. The standard InChI is InChI=1S/C22H20ClN7O/c1-11-10-16(26-30-12(2)24-25-21(11)30)29-19(14-6-8-15(23)9-7-14)20-17(22(29)31)18(13-4-5-13)27-28(20)3/h6-10,13,19H,4-5H2,1-3H3/t19-/m0/s1. The molecule has 9 heteroatoms. The Balaban J connectivity index is 1.59. The van der Waals surface area contributed by atoms with Crippen LogP contribution >= 0.6 is 11.6 Å². The molecule has 0 unspecified atom stereocenters. The lowest BCUT2D eigenvalue weighted by molar-refractivity contribution is 0.0991. The van der Waals surface area contributed by atoms with E-state index in [0.717, 1.165) is 35.4 Å². The van der Waals surface area contributed by atoms with Crippen molar-refractivity contribution in [3.05, 3.63) is 69.3 Å². The Morgan fingerprint density at radius 2 is 1.81 bits per heavy atom. The van der Waals surface area contributed by atoms with Crippen LogP contribution < -0.4 is 4.90 Å². The Morgan fingerprint density at radius 3 is 2.52 bits per heavy atom. The summed E-state index contributed by atoms with van der Waals surface area (Å²) in [4.78, 5) is 15.6. The number of fused-ring (bicyclic) bond motifs is 2. The first kappa shape index (κ1) is 18.5. The second-order valence-corrected chi connectivity index (χ2v) is 8.78. The van der Waals surface area contributed by atoms with Crippen molar-refractivity contribution in [3.63, 3.8) is 0 Å². The summed E-state index contributed by atoms with van der Waals surface area (Å²) >= 11 is 6.15. The molecule has 0 spiro atoms. The maximum absolute atomic E-state index is 13.9. The van der Waals surface area contributed by atoms with Gasteiger partial charge < -0.3 is 0 Å². The number of nitrogens with zero attached hydrogens (tertiary/aromatic N) is 7. The molecule has 8 nitrogen and oxygen atoms in total. The number of benzene rings is 1. The first-order valence-corrected chi connectivity index (χ1v) is 10.7. The first-order valence-electron chi connectivity index (χ1n) is 10.3. The van der Waals surface area contributed by atoms with Gasteiger partial charge in [0.2, 0.25) is 0 Å². The fourth-order valence-corrected chi connectivity index (χ4v) is 4.64. The number of anilines is 1. The first-order chi connectivity index (χ1) is 14.9. The number of hydrogen-bond acceptors (Lipinski definition) is 5. The van der Waals surface area contributed by atoms with Gasteiger partial charge in [0, 0.05) is 18.0 Å². The lowest BCUT2D eigenvalue weighted by Gasteiger charge is -2.26. The summed E-state index contributed by atoms with van der Waals surface area (Å²) in [6.45, 7) is 3.80. The predicted molar refractivity (Wildman–Crippen MR) is 116 cm³/mol. The van der Waals surface area contributed by atoms with E-state index in [4.69, 9.17) is 21.8 Å². The van der Waals surface area contributed by atoms with E-state index >= 15 is 0 Å². The lowest BCUT2D eigenvalue weighted by Crippen LogP contribution is -2.31. The summed E-state index contributed by atoms with van der Waals surface area (Å²) in [6.07, 6.45) is 2.15. The Morgan fingerprint density at radius 1 is 1.06 bits per heavy atom. The lowest BCUT2D eigenvalue weighted by atomic mass is 10.0. The molecule has 0 N–H and O–H groups in total. The van der Waals surface area contributed by atoms with E-state index in [0.29, 0.717) is 33.8 Å². The van der Waals surface area contributed by atoms with Crippen LogP contribution in [-0.4, -0.2) is 35.5 Å². The van der Waals surface area contributed by atoms with Crippen molar-refractivity contribution in [2.45, 2.75) is 38.6 Å². The molecule has 2 aliphatic rings. The Hall–Kier alpha value is -3.26. The molecule has 4 heterocycles. The summed E-state index contributed by atoms with van der Waals surface area (Å²) in [5, 5.41) is 18.5. The molecule has 1 aromatic carbocycles. The minimum absolute atomic E-state index is 0.0677. The van der Waals surface area contributed by atoms with Gasteiger partial charge in [-0.1, -0.05) is 23.7 Å². The van der Waals surface area contributed by atoms with Crippen LogP contribution in [-0.2, 0) is 7.05 Å². The summed E-state index contributed by atoms with van der Waals surface area (Å²) < 4.78 is 3.55. The summed E-state index contributed by atoms with van der Waals surface area (Å²) in [7, 11) is 1.91. The Kier molecular flexibility index (Phi) is 3.80. The number of hydrogen-bond donors (Lipinski definition) is 0. The van der Waals surface area contributed by atoms with Gasteiger partial charge in [0.15, 0.2) is 17.3 Å². The molecular formula is C22H20ClN7O. The van der Waals surface area contributed by atoms with Gasteiger partial charge >= 0.3 is 0 Å². The number of carbonyl (C=O) groups excluding carboxylic acids is 1. The molecule has 1 aliphatic carbocycles. The number of aryl methyl sites for hydroxylation is 3. The number of carbonyl (C=O) groups is 1. The smallest absolute Gasteiger partial charge is 0.264 e. The van der Waals surface area contributed by atoms with E-state index in [-0.39, 0.29) is 11.9 Å². The fourth-order valence-electron chi connectivity index (χ4n) is 4.51. The van der Waals surface area contributed by atoms with Gasteiger partial charge in [-0.25, -0.2) is 0 Å². The molecule has 1 aliphatic heterocycles. The molecule has 31 heavy (non-hydrogen) atoms. The highest BCUT2D eigenvalue weighted by atomic mass is 35.5. The highest BCUT2D eigenvalue weighted by molar-refractivity contribution is 6.30. The van der Waals surface area contributed by atoms with E-state index in [1.165, 1.54) is 0 Å². The normalized spacial score (nSPS) is 18.3. The predicted octanol–water partition coefficient (Wildman–Crippen LogP) is 3.76. The second-order valence-electron chi connectivity index (χ2n) is 8.34. The van der Waals surface area contributed by atoms with Crippen LogP contribution in [0.1, 0.15) is 63.5 Å². The van der Waals surface area contributed by atoms with Crippen LogP contribution in [0.4, 0.5) is 5.82 Å². The van der Waals surface area contributed by atoms with Gasteiger partial charge in [0.25, 0.3) is 5.91 Å². The summed E-state index contributed by atoms with van der Waals surface area (Å²) in [5.41, 5.74) is 5.07. The van der Waals surface area contributed by atoms with Crippen LogP contribution in [0.2, 0.25) is 5.02 Å². The minimum atomic E-state index is -0.342. The highest BCUT2D eigenvalue weighted by Gasteiger charge is 2.47. The van der Waals surface area contributed by atoms with E-state index in [1.807, 2.05) is 55.9 Å². The van der Waals surface area contributed by atoms with Crippen LogP contribution in [0.15, 0.2) is 30.3 Å². The van der Waals surface area contributed by atoms with E-state index in [9.17, 15) is 4.79 Å². The quantitative estimate of drug-likeness (QED) is 0.491. The molecule has 6 rings (SSSR count). The highest BCUT2D eigenvalue weighted by Crippen LogP contribution is 2.48. The minimum Gasteiger partial charge on any atom is -0.278 e. The fraction of sp³-hybridized carbons (Fsp3) is 0.318. The van der Waals surface area contributed by atoms with Gasteiger partial charge in [-0.3, -0.25) is 14.4 Å². The topological polar surface area (TPSA) is 81.2 Å². The number of aromatic nitrogens is 6. The number of rotatable bonds is 3. The molecular weight excluding hydrogens is 414 g/mol. The van der Waals surface area contributed by atoms with Crippen molar-refractivity contribution in [3.8, 4) is 0 Å². The van der Waals surface area contributed by atoms with Crippen molar-refractivity contribution in [2.24, 2.45) is 7.05 Å². The average molecular weight is 434 g/mol. The number of halogens is 1. The zero-order chi connectivity index (χ0) is 21.4. The maximum atomic E-state index is 13.9. The third kappa shape index (κ3) is 2.64. The maximum Gasteiger partial charge on any atom is 0.264 e. The zero-order valence-corrected chi connectivity index (χ0v) is 18.1. The van der Waals surface area contributed by atoms with Crippen LogP contribution in [0.25, 0.3) is 5.65 Å². The molecule has 156 valence electrons. The molecule has 4 aromatic rings. The van der Waals surface area contributed by atoms with Crippen LogP contribution in [0, 0.1) is 13.8 Å². The van der Waals surface area contributed by atoms with Crippen molar-refractivity contribution in [2.75, 3.05) is 4.90 Å². The Labute approximate surface area is 183 Å². The second kappa shape index (κ2) is 6.37. The summed E-state index contributed by atoms with van der Waals surface area (Å²) in [5.74, 6) is 1.53. The van der Waals surface area contributed by atoms with E-state index < -0.39 is 0 Å². The average Bonchev–Trinajstić information content (AvgIpc) is 3.35. The number of amides is 1. The van der Waals surface area contributed by atoms with Crippen molar-refractivity contribution < 1.29 is 4.79 Å². The Bertz CT molecular complexity index is 1370. The zero-order valence-electron chi connectivity index (χ0n) is 17.4. The van der Waals surface area contributed by atoms with Crippen molar-refractivity contribution in [1.82, 2.24) is 29.6 Å². The van der Waals surface area contributed by atoms with Gasteiger partial charge in [-0.05, 0) is 56.0 Å². The summed E-state index contributed by atoms with van der Waals surface area (Å²) in [6, 6.07) is 9.18. The SMILES string of the molecule is Cc1cc(N2C(=O)c3c(C4CC4)nn(C)c3[C@@H]2c2ccc(Cl)cc2)nn2c(C)nnc12. The molecule has 1 amide bonds. The van der Waals surface area contributed by atoms with E-state index in [2.05, 4.69) is 10.2 Å². The molecule has 3 aromatic heterocycles. The van der Waals surface area contributed by atoms with Crippen molar-refractivity contribution >= 4 is 29.0 Å². The monoisotopic (exact) mass is 433 g/mol. The van der Waals surface area contributed by atoms with E-state index in [1.54, 1.807) is 9.42 Å². The largest absolute Gasteiger partial charge is 0.278 e. The van der Waals surface area contributed by atoms with Gasteiger partial charge in [-0.15, -0.1) is 15.3 Å². The van der Waals surface area contributed by atoms with Crippen LogP contribution in [0.3, 0.4) is 0 Å². The van der Waals surface area contributed by atoms with Crippen LogP contribution in [0.5, 0.6) is 0 Å². The molecule has 1 saturated carbocycles. The van der Waals surface area contributed by atoms with Gasteiger partial charge in [0.05, 0.1) is 17.0 Å². The van der Waals surface area contributed by atoms with Gasteiger partial charge in [0.1, 0.15) is 6.04 Å². The molecule has 1 atom stereocenters. The molecule has 0 radical (unpaired) electrons. The van der Waals surface area contributed by atoms with Gasteiger partial charge in [-0.2, -0.15) is 9.61 Å². The molecule has 0 bridgehead atoms. The third-order valence-corrected chi connectivity index (χ3v) is 6.41.